The number of halogens is 4. The van der Waals surface area contributed by atoms with Gasteiger partial charge in [-0.2, -0.15) is 0 Å². The maximum absolute atomic E-state index is 12.4. The molecule has 0 saturated heterocycles. The first-order valence-corrected chi connectivity index (χ1v) is 3.56. The van der Waals surface area contributed by atoms with E-state index in [-0.39, 0.29) is 17.5 Å². The van der Waals surface area contributed by atoms with Crippen molar-refractivity contribution in [3.05, 3.63) is 0 Å². The second-order valence-electron chi connectivity index (χ2n) is 2.39. The van der Waals surface area contributed by atoms with E-state index in [0.29, 0.717) is 6.42 Å². The molecule has 0 amide bonds. The molecule has 0 aromatic heterocycles. The molecule has 11 heavy (non-hydrogen) atoms. The van der Waals surface area contributed by atoms with Crippen molar-refractivity contribution < 1.29 is 17.9 Å². The van der Waals surface area contributed by atoms with Crippen LogP contribution in [0.25, 0.3) is 0 Å². The van der Waals surface area contributed by atoms with Crippen molar-refractivity contribution in [3.8, 4) is 0 Å². The summed E-state index contributed by atoms with van der Waals surface area (Å²) in [4.78, 5) is 0. The van der Waals surface area contributed by atoms with Crippen LogP contribution in [0, 0.1) is 0 Å². The first kappa shape index (κ1) is 13.3. The highest BCUT2D eigenvalue weighted by Crippen LogP contribution is 2.28. The third-order valence-corrected chi connectivity index (χ3v) is 1.40. The van der Waals surface area contributed by atoms with Gasteiger partial charge in [-0.15, -0.1) is 0 Å². The Hall–Kier alpha value is -0.280. The minimum Gasteiger partial charge on any atom is -0.269 e. The minimum atomic E-state index is -3.11. The van der Waals surface area contributed by atoms with Crippen LogP contribution in [-0.4, -0.2) is 12.1 Å². The summed E-state index contributed by atoms with van der Waals surface area (Å²) in [6.07, 6.45) is -2.09. The molecule has 0 spiro atoms. The second-order valence-corrected chi connectivity index (χ2v) is 2.39. The Kier molecular flexibility index (Phi) is 6.52. The van der Waals surface area contributed by atoms with Crippen LogP contribution < -0.4 is 0 Å². The van der Waals surface area contributed by atoms with Crippen molar-refractivity contribution in [1.29, 1.82) is 0 Å². The van der Waals surface area contributed by atoms with E-state index in [1.165, 1.54) is 6.92 Å². The fraction of sp³-hybridized carbons (Fsp3) is 1.00. The number of hydrogen-bond donors (Lipinski definition) is 0. The SMILES string of the molecule is CCCC(F)(F)C(F)CC.F. The van der Waals surface area contributed by atoms with E-state index in [2.05, 4.69) is 0 Å². The summed E-state index contributed by atoms with van der Waals surface area (Å²) in [7, 11) is 0. The predicted octanol–water partition coefficient (Wildman–Crippen LogP) is 3.32. The maximum Gasteiger partial charge on any atom is 0.278 e. The van der Waals surface area contributed by atoms with E-state index in [4.69, 9.17) is 0 Å². The Bertz CT molecular complexity index is 92.4. The van der Waals surface area contributed by atoms with Gasteiger partial charge < -0.3 is 0 Å². The van der Waals surface area contributed by atoms with Crippen LogP contribution in [-0.2, 0) is 0 Å². The topological polar surface area (TPSA) is 0 Å². The lowest BCUT2D eigenvalue weighted by Crippen LogP contribution is -2.28. The van der Waals surface area contributed by atoms with Crippen molar-refractivity contribution in [1.82, 2.24) is 0 Å². The van der Waals surface area contributed by atoms with Crippen molar-refractivity contribution in [2.45, 2.75) is 45.2 Å². The maximum atomic E-state index is 12.4. The first-order chi connectivity index (χ1) is 4.54. The summed E-state index contributed by atoms with van der Waals surface area (Å²) in [5, 5.41) is 0. The molecule has 0 N–H and O–H groups in total. The first-order valence-electron chi connectivity index (χ1n) is 3.56. The zero-order valence-corrected chi connectivity index (χ0v) is 6.74. The van der Waals surface area contributed by atoms with Gasteiger partial charge in [0.15, 0.2) is 6.17 Å². The van der Waals surface area contributed by atoms with Gasteiger partial charge in [-0.25, -0.2) is 13.2 Å². The minimum absolute atomic E-state index is 0. The van der Waals surface area contributed by atoms with E-state index in [1.54, 1.807) is 6.92 Å². The van der Waals surface area contributed by atoms with Crippen molar-refractivity contribution >= 4 is 0 Å². The molecule has 0 heterocycles. The van der Waals surface area contributed by atoms with Crippen molar-refractivity contribution in [2.24, 2.45) is 0 Å². The van der Waals surface area contributed by atoms with Gasteiger partial charge in [-0.1, -0.05) is 20.3 Å². The van der Waals surface area contributed by atoms with E-state index in [1.807, 2.05) is 0 Å². The van der Waals surface area contributed by atoms with Gasteiger partial charge in [0.1, 0.15) is 0 Å². The van der Waals surface area contributed by atoms with Gasteiger partial charge in [0, 0.05) is 6.42 Å². The van der Waals surface area contributed by atoms with E-state index in [9.17, 15) is 13.2 Å². The van der Waals surface area contributed by atoms with Crippen LogP contribution in [0.5, 0.6) is 0 Å². The molecular weight excluding hydrogens is 160 g/mol. The number of hydrogen-bond acceptors (Lipinski definition) is 0. The quantitative estimate of drug-likeness (QED) is 0.573. The van der Waals surface area contributed by atoms with Gasteiger partial charge in [0.25, 0.3) is 5.92 Å². The van der Waals surface area contributed by atoms with Gasteiger partial charge in [0.2, 0.25) is 0 Å². The summed E-state index contributed by atoms with van der Waals surface area (Å²) >= 11 is 0. The Morgan fingerprint density at radius 2 is 1.73 bits per heavy atom. The third-order valence-electron chi connectivity index (χ3n) is 1.40. The lowest BCUT2D eigenvalue weighted by Gasteiger charge is -2.18. The summed E-state index contributed by atoms with van der Waals surface area (Å²) in [6, 6.07) is 0. The van der Waals surface area contributed by atoms with Crippen LogP contribution >= 0.6 is 0 Å². The highest BCUT2D eigenvalue weighted by molar-refractivity contribution is 4.74. The standard InChI is InChI=1S/C7H13F3.FH/c1-3-5-7(9,10)6(8)4-2;/h6H,3-5H2,1-2H3;1H. The smallest absolute Gasteiger partial charge is 0.269 e. The zero-order chi connectivity index (χ0) is 8.20. The highest BCUT2D eigenvalue weighted by atomic mass is 19.3. The summed E-state index contributed by atoms with van der Waals surface area (Å²) in [5.41, 5.74) is 0. The normalized spacial score (nSPS) is 13.9. The van der Waals surface area contributed by atoms with E-state index in [0.717, 1.165) is 0 Å². The number of alkyl halides is 3. The Morgan fingerprint density at radius 3 is 2.00 bits per heavy atom. The molecule has 70 valence electrons. The van der Waals surface area contributed by atoms with E-state index < -0.39 is 12.1 Å². The van der Waals surface area contributed by atoms with E-state index >= 15 is 0 Å². The molecule has 1 atom stereocenters. The molecule has 0 fully saturated rings. The summed E-state index contributed by atoms with van der Waals surface area (Å²) in [6.45, 7) is 3.05. The molecule has 0 nitrogen and oxygen atoms in total. The molecule has 0 aliphatic rings. The average molecular weight is 174 g/mol. The van der Waals surface area contributed by atoms with Crippen LogP contribution in [0.3, 0.4) is 0 Å². The lowest BCUT2D eigenvalue weighted by molar-refractivity contribution is -0.0796. The van der Waals surface area contributed by atoms with Gasteiger partial charge in [-0.05, 0) is 6.42 Å². The fourth-order valence-corrected chi connectivity index (χ4v) is 0.789. The van der Waals surface area contributed by atoms with Gasteiger partial charge in [0.05, 0.1) is 0 Å². The highest BCUT2D eigenvalue weighted by Gasteiger charge is 2.37. The summed E-state index contributed by atoms with van der Waals surface area (Å²) < 4.78 is 37.2. The Labute approximate surface area is 64.2 Å². The van der Waals surface area contributed by atoms with Crippen LogP contribution in [0.2, 0.25) is 0 Å². The largest absolute Gasteiger partial charge is 0.278 e. The Morgan fingerprint density at radius 1 is 1.27 bits per heavy atom. The average Bonchev–Trinajstić information content (AvgIpc) is 1.86. The molecule has 0 aromatic rings. The van der Waals surface area contributed by atoms with Gasteiger partial charge >= 0.3 is 0 Å². The molecular formula is C7H14F4. The second kappa shape index (κ2) is 5.38. The van der Waals surface area contributed by atoms with Crippen molar-refractivity contribution in [2.75, 3.05) is 0 Å². The van der Waals surface area contributed by atoms with Crippen molar-refractivity contribution in [3.63, 3.8) is 0 Å². The van der Waals surface area contributed by atoms with Crippen LogP contribution in [0.4, 0.5) is 17.9 Å². The molecule has 0 radical (unpaired) electrons. The number of rotatable bonds is 4. The monoisotopic (exact) mass is 174 g/mol. The fourth-order valence-electron chi connectivity index (χ4n) is 0.789. The van der Waals surface area contributed by atoms with Crippen LogP contribution in [0.15, 0.2) is 0 Å². The molecule has 0 saturated carbocycles. The Balaban J connectivity index is 0. The molecule has 0 aromatic carbocycles. The molecule has 1 unspecified atom stereocenters. The van der Waals surface area contributed by atoms with Crippen LogP contribution in [0.1, 0.15) is 33.1 Å². The third kappa shape index (κ3) is 4.22. The zero-order valence-electron chi connectivity index (χ0n) is 6.74. The molecule has 0 aliphatic carbocycles. The molecule has 4 heteroatoms. The molecule has 0 aliphatic heterocycles. The lowest BCUT2D eigenvalue weighted by atomic mass is 10.1. The van der Waals surface area contributed by atoms with Gasteiger partial charge in [-0.3, -0.25) is 4.70 Å². The predicted molar refractivity (Wildman–Crippen MR) is 37.5 cm³/mol. The summed E-state index contributed by atoms with van der Waals surface area (Å²) in [5.74, 6) is -3.11. The molecule has 0 bridgehead atoms. The molecule has 0 rings (SSSR count).